The van der Waals surface area contributed by atoms with Crippen molar-refractivity contribution < 1.29 is 9.53 Å². The Morgan fingerprint density at radius 1 is 1.29 bits per heavy atom. The molecule has 0 spiro atoms. The minimum absolute atomic E-state index is 0.268. The maximum atomic E-state index is 12.7. The third kappa shape index (κ3) is 1.86. The molecule has 0 saturated carbocycles. The van der Waals surface area contributed by atoms with Gasteiger partial charge < -0.3 is 20.3 Å². The minimum atomic E-state index is -0.268. The van der Waals surface area contributed by atoms with E-state index in [1.807, 2.05) is 4.90 Å². The number of carbonyl (C=O) groups is 1. The summed E-state index contributed by atoms with van der Waals surface area (Å²) in [6.45, 7) is 6.69. The number of fused-ring (bicyclic) bond motifs is 1. The van der Waals surface area contributed by atoms with E-state index in [-0.39, 0.29) is 5.41 Å². The highest BCUT2D eigenvalue weighted by Crippen LogP contribution is 2.39. The summed E-state index contributed by atoms with van der Waals surface area (Å²) in [7, 11) is 0. The highest BCUT2D eigenvalue weighted by atomic mass is 16.5. The van der Waals surface area contributed by atoms with Crippen LogP contribution in [0.15, 0.2) is 0 Å². The summed E-state index contributed by atoms with van der Waals surface area (Å²) in [5.41, 5.74) is -0.268. The number of carbonyl (C=O) groups excluding carboxylic acids is 1. The van der Waals surface area contributed by atoms with Gasteiger partial charge in [0.05, 0.1) is 12.0 Å². The summed E-state index contributed by atoms with van der Waals surface area (Å²) in [4.78, 5) is 14.8. The third-order valence-electron chi connectivity index (χ3n) is 4.41. The summed E-state index contributed by atoms with van der Waals surface area (Å²) in [5.74, 6) is 0.785. The number of hydrogen-bond donors (Lipinski definition) is 2. The van der Waals surface area contributed by atoms with Crippen LogP contribution in [0, 0.1) is 11.3 Å². The lowest BCUT2D eigenvalue weighted by Crippen LogP contribution is -2.57. The first kappa shape index (κ1) is 11.4. The van der Waals surface area contributed by atoms with Gasteiger partial charge in [0.15, 0.2) is 0 Å². The van der Waals surface area contributed by atoms with Crippen molar-refractivity contribution in [1.29, 1.82) is 0 Å². The van der Waals surface area contributed by atoms with Crippen molar-refractivity contribution in [2.45, 2.75) is 6.42 Å². The summed E-state index contributed by atoms with van der Waals surface area (Å²) in [6, 6.07) is 0. The molecular weight excluding hydrogens is 218 g/mol. The fraction of sp³-hybridized carbons (Fsp3) is 0.917. The molecule has 3 heterocycles. The van der Waals surface area contributed by atoms with E-state index in [1.165, 1.54) is 0 Å². The van der Waals surface area contributed by atoms with Crippen LogP contribution in [0.3, 0.4) is 0 Å². The van der Waals surface area contributed by atoms with Crippen LogP contribution in [0.5, 0.6) is 0 Å². The van der Waals surface area contributed by atoms with Gasteiger partial charge in [-0.1, -0.05) is 0 Å². The van der Waals surface area contributed by atoms with E-state index < -0.39 is 0 Å². The van der Waals surface area contributed by atoms with Crippen molar-refractivity contribution in [2.75, 3.05) is 52.5 Å². The molecule has 3 saturated heterocycles. The van der Waals surface area contributed by atoms with Crippen molar-refractivity contribution in [3.8, 4) is 0 Å². The highest BCUT2D eigenvalue weighted by Gasteiger charge is 2.52. The molecule has 0 aliphatic carbocycles. The number of nitrogens with zero attached hydrogens (tertiary/aromatic N) is 1. The minimum Gasteiger partial charge on any atom is -0.380 e. The van der Waals surface area contributed by atoms with Crippen molar-refractivity contribution in [2.24, 2.45) is 11.3 Å². The van der Waals surface area contributed by atoms with E-state index in [0.29, 0.717) is 18.4 Å². The Bertz CT molecular complexity index is 304. The molecule has 1 amide bonds. The van der Waals surface area contributed by atoms with E-state index in [1.54, 1.807) is 0 Å². The van der Waals surface area contributed by atoms with Gasteiger partial charge in [-0.15, -0.1) is 0 Å². The number of rotatable bonds is 1. The van der Waals surface area contributed by atoms with Gasteiger partial charge in [-0.2, -0.15) is 0 Å². The van der Waals surface area contributed by atoms with Crippen LogP contribution in [0.4, 0.5) is 0 Å². The quantitative estimate of drug-likeness (QED) is 0.619. The molecule has 17 heavy (non-hydrogen) atoms. The summed E-state index contributed by atoms with van der Waals surface area (Å²) in [5, 5.41) is 6.67. The molecule has 3 aliphatic heterocycles. The van der Waals surface area contributed by atoms with Gasteiger partial charge in [0.2, 0.25) is 5.91 Å². The predicted molar refractivity (Wildman–Crippen MR) is 63.7 cm³/mol. The zero-order chi connectivity index (χ0) is 11.7. The zero-order valence-corrected chi connectivity index (χ0v) is 10.2. The van der Waals surface area contributed by atoms with E-state index in [0.717, 1.165) is 52.3 Å². The van der Waals surface area contributed by atoms with Crippen LogP contribution in [-0.4, -0.2) is 63.3 Å². The molecular formula is C12H21N3O2. The number of ether oxygens (including phenoxy) is 1. The second-order valence-corrected chi connectivity index (χ2v) is 5.37. The Kier molecular flexibility index (Phi) is 3.06. The Hall–Kier alpha value is -0.650. The normalized spacial score (nSPS) is 37.9. The fourth-order valence-electron chi connectivity index (χ4n) is 3.33. The topological polar surface area (TPSA) is 53.6 Å². The first-order valence-corrected chi connectivity index (χ1v) is 6.61. The van der Waals surface area contributed by atoms with E-state index in [4.69, 9.17) is 4.74 Å². The molecule has 0 aromatic carbocycles. The van der Waals surface area contributed by atoms with Gasteiger partial charge in [0, 0.05) is 39.3 Å². The zero-order valence-electron chi connectivity index (χ0n) is 10.2. The summed E-state index contributed by atoms with van der Waals surface area (Å²) in [6.07, 6.45) is 1.02. The van der Waals surface area contributed by atoms with Gasteiger partial charge in [-0.3, -0.25) is 4.79 Å². The fourth-order valence-corrected chi connectivity index (χ4v) is 3.33. The summed E-state index contributed by atoms with van der Waals surface area (Å²) >= 11 is 0. The van der Waals surface area contributed by atoms with Crippen molar-refractivity contribution >= 4 is 5.91 Å². The van der Waals surface area contributed by atoms with Gasteiger partial charge in [0.25, 0.3) is 0 Å². The van der Waals surface area contributed by atoms with Crippen molar-refractivity contribution in [3.05, 3.63) is 0 Å². The third-order valence-corrected chi connectivity index (χ3v) is 4.41. The monoisotopic (exact) mass is 239 g/mol. The molecule has 3 fully saturated rings. The molecule has 0 radical (unpaired) electrons. The lowest BCUT2D eigenvalue weighted by molar-refractivity contribution is -0.153. The maximum absolute atomic E-state index is 12.7. The van der Waals surface area contributed by atoms with Crippen molar-refractivity contribution in [1.82, 2.24) is 15.5 Å². The Morgan fingerprint density at radius 3 is 2.94 bits per heavy atom. The van der Waals surface area contributed by atoms with Crippen LogP contribution in [-0.2, 0) is 9.53 Å². The number of hydrogen-bond acceptors (Lipinski definition) is 4. The predicted octanol–water partition coefficient (Wildman–Crippen LogP) is -0.956. The molecule has 3 rings (SSSR count). The van der Waals surface area contributed by atoms with Gasteiger partial charge in [-0.25, -0.2) is 0 Å². The Morgan fingerprint density at radius 2 is 2.12 bits per heavy atom. The SMILES string of the molecule is O=C(N1CCNCC1)[C@]12CNC[C@H]1CCOC2. The lowest BCUT2D eigenvalue weighted by atomic mass is 9.74. The largest absolute Gasteiger partial charge is 0.380 e. The first-order valence-electron chi connectivity index (χ1n) is 6.61. The molecule has 3 aliphatic rings. The van der Waals surface area contributed by atoms with Gasteiger partial charge in [-0.05, 0) is 18.9 Å². The molecule has 5 heteroatoms. The summed E-state index contributed by atoms with van der Waals surface area (Å²) < 4.78 is 5.60. The van der Waals surface area contributed by atoms with Crippen LogP contribution >= 0.6 is 0 Å². The maximum Gasteiger partial charge on any atom is 0.232 e. The molecule has 0 unspecified atom stereocenters. The second-order valence-electron chi connectivity index (χ2n) is 5.37. The smallest absolute Gasteiger partial charge is 0.232 e. The standard InChI is InChI=1S/C12H21N3O2/c16-11(15-4-2-13-3-5-15)12-8-14-7-10(12)1-6-17-9-12/h10,13-14H,1-9H2/t10-,12+/m1/s1. The van der Waals surface area contributed by atoms with E-state index in [2.05, 4.69) is 10.6 Å². The first-order chi connectivity index (χ1) is 8.33. The highest BCUT2D eigenvalue weighted by molar-refractivity contribution is 5.84. The van der Waals surface area contributed by atoms with Crippen LogP contribution in [0.1, 0.15) is 6.42 Å². The van der Waals surface area contributed by atoms with Crippen LogP contribution in [0.25, 0.3) is 0 Å². The average Bonchev–Trinajstić information content (AvgIpc) is 2.84. The molecule has 5 nitrogen and oxygen atoms in total. The van der Waals surface area contributed by atoms with E-state index >= 15 is 0 Å². The van der Waals surface area contributed by atoms with E-state index in [9.17, 15) is 4.79 Å². The number of nitrogens with one attached hydrogen (secondary N) is 2. The lowest BCUT2D eigenvalue weighted by Gasteiger charge is -2.41. The molecule has 2 atom stereocenters. The Labute approximate surface area is 102 Å². The number of amides is 1. The number of piperazine rings is 1. The molecule has 0 aromatic heterocycles. The molecule has 0 aromatic rings. The second kappa shape index (κ2) is 4.55. The van der Waals surface area contributed by atoms with Crippen LogP contribution in [0.2, 0.25) is 0 Å². The molecule has 2 N–H and O–H groups in total. The Balaban J connectivity index is 1.77. The average molecular weight is 239 g/mol. The van der Waals surface area contributed by atoms with Gasteiger partial charge >= 0.3 is 0 Å². The molecule has 0 bridgehead atoms. The van der Waals surface area contributed by atoms with Gasteiger partial charge in [0.1, 0.15) is 0 Å². The molecule has 96 valence electrons. The van der Waals surface area contributed by atoms with Crippen LogP contribution < -0.4 is 10.6 Å². The van der Waals surface area contributed by atoms with Crippen molar-refractivity contribution in [3.63, 3.8) is 0 Å².